The van der Waals surface area contributed by atoms with Crippen LogP contribution in [0.4, 0.5) is 0 Å². The molecule has 0 aliphatic carbocycles. The summed E-state index contributed by atoms with van der Waals surface area (Å²) in [5.74, 6) is 0.0797. The van der Waals surface area contributed by atoms with Gasteiger partial charge in [0, 0.05) is 18.7 Å². The molecule has 0 bridgehead atoms. The van der Waals surface area contributed by atoms with E-state index in [1.807, 2.05) is 37.3 Å². The van der Waals surface area contributed by atoms with Gasteiger partial charge in [0.2, 0.25) is 5.91 Å². The van der Waals surface area contributed by atoms with E-state index in [0.717, 1.165) is 5.75 Å². The molecule has 2 aromatic carbocycles. The predicted octanol–water partition coefficient (Wildman–Crippen LogP) is 2.82. The van der Waals surface area contributed by atoms with Gasteiger partial charge in [-0.15, -0.1) is 0 Å². The Bertz CT molecular complexity index is 949. The average molecular weight is 455 g/mol. The molecule has 8 heteroatoms. The molecule has 0 saturated carbocycles. The Hall–Kier alpha value is -3.55. The number of esters is 1. The van der Waals surface area contributed by atoms with E-state index in [4.69, 9.17) is 14.2 Å². The quantitative estimate of drug-likeness (QED) is 0.438. The second-order valence-corrected chi connectivity index (χ2v) is 7.76. The van der Waals surface area contributed by atoms with E-state index in [-0.39, 0.29) is 24.3 Å². The fraction of sp³-hybridized carbons (Fsp3) is 0.400. The van der Waals surface area contributed by atoms with Gasteiger partial charge in [-0.3, -0.25) is 14.4 Å². The Balaban J connectivity index is 1.60. The highest BCUT2D eigenvalue weighted by Crippen LogP contribution is 2.19. The molecule has 2 unspecified atom stereocenters. The number of piperazine rings is 1. The highest BCUT2D eigenvalue weighted by Gasteiger charge is 2.35. The summed E-state index contributed by atoms with van der Waals surface area (Å²) in [5, 5.41) is 2.72. The van der Waals surface area contributed by atoms with E-state index in [2.05, 4.69) is 5.32 Å². The van der Waals surface area contributed by atoms with E-state index in [1.54, 1.807) is 31.2 Å². The van der Waals surface area contributed by atoms with Gasteiger partial charge in [0.15, 0.2) is 0 Å². The molecule has 1 aliphatic heterocycles. The Morgan fingerprint density at radius 3 is 2.48 bits per heavy atom. The van der Waals surface area contributed by atoms with Crippen molar-refractivity contribution in [3.63, 3.8) is 0 Å². The lowest BCUT2D eigenvalue weighted by Crippen LogP contribution is -2.57. The number of amides is 2. The van der Waals surface area contributed by atoms with Crippen molar-refractivity contribution in [3.8, 4) is 11.5 Å². The van der Waals surface area contributed by atoms with Gasteiger partial charge in [0.25, 0.3) is 5.91 Å². The molecule has 2 amide bonds. The van der Waals surface area contributed by atoms with E-state index in [1.165, 1.54) is 4.90 Å². The molecule has 1 aliphatic rings. The Morgan fingerprint density at radius 1 is 1.06 bits per heavy atom. The highest BCUT2D eigenvalue weighted by atomic mass is 16.5. The fourth-order valence-corrected chi connectivity index (χ4v) is 3.39. The Labute approximate surface area is 193 Å². The topological polar surface area (TPSA) is 94.2 Å². The number of carbonyl (C=O) groups is 3. The summed E-state index contributed by atoms with van der Waals surface area (Å²) < 4.78 is 16.6. The number of para-hydroxylation sites is 1. The van der Waals surface area contributed by atoms with Crippen molar-refractivity contribution < 1.29 is 28.6 Å². The number of rotatable bonds is 10. The second-order valence-electron chi connectivity index (χ2n) is 7.76. The average Bonchev–Trinajstić information content (AvgIpc) is 2.83. The smallest absolute Gasteiger partial charge is 0.308 e. The first kappa shape index (κ1) is 24.1. The van der Waals surface area contributed by atoms with Crippen molar-refractivity contribution in [3.05, 3.63) is 60.2 Å². The van der Waals surface area contributed by atoms with E-state index in [0.29, 0.717) is 44.0 Å². The zero-order valence-electron chi connectivity index (χ0n) is 19.0. The van der Waals surface area contributed by atoms with Crippen LogP contribution in [0.1, 0.15) is 37.0 Å². The predicted molar refractivity (Wildman–Crippen MR) is 122 cm³/mol. The van der Waals surface area contributed by atoms with Crippen LogP contribution in [0.5, 0.6) is 11.5 Å². The van der Waals surface area contributed by atoms with E-state index >= 15 is 0 Å². The van der Waals surface area contributed by atoms with Gasteiger partial charge in [0.1, 0.15) is 30.8 Å². The molecule has 3 rings (SSSR count). The lowest BCUT2D eigenvalue weighted by atomic mass is 10.1. The Morgan fingerprint density at radius 2 is 1.76 bits per heavy atom. The van der Waals surface area contributed by atoms with Gasteiger partial charge in [0.05, 0.1) is 12.5 Å². The molecule has 1 fully saturated rings. The molecule has 2 aromatic rings. The zero-order chi connectivity index (χ0) is 23.6. The summed E-state index contributed by atoms with van der Waals surface area (Å²) in [4.78, 5) is 39.3. The molecular weight excluding hydrogens is 424 g/mol. The lowest BCUT2D eigenvalue weighted by molar-refractivity contribution is -0.151. The van der Waals surface area contributed by atoms with Gasteiger partial charge in [-0.05, 0) is 43.7 Å². The number of ether oxygens (including phenoxy) is 3. The number of hydrogen-bond donors (Lipinski definition) is 1. The van der Waals surface area contributed by atoms with Crippen molar-refractivity contribution in [2.24, 2.45) is 0 Å². The molecule has 1 heterocycles. The third-order valence-electron chi connectivity index (χ3n) is 5.30. The molecule has 176 valence electrons. The largest absolute Gasteiger partial charge is 0.490 e. The summed E-state index contributed by atoms with van der Waals surface area (Å²) >= 11 is 0. The summed E-state index contributed by atoms with van der Waals surface area (Å²) in [7, 11) is 0. The standard InChI is InChI=1S/C25H30N2O6/c1-3-18(2)33-23(28)17-22-24(29)26-12-13-27(22)25(30)19-8-7-11-21(16-19)32-15-14-31-20-9-5-4-6-10-20/h4-11,16,18,22H,3,12-15,17H2,1-2H3,(H,26,29). The van der Waals surface area contributed by atoms with Crippen molar-refractivity contribution in [2.45, 2.75) is 38.8 Å². The summed E-state index contributed by atoms with van der Waals surface area (Å²) in [6.07, 6.45) is 0.247. The maximum atomic E-state index is 13.2. The van der Waals surface area contributed by atoms with E-state index in [9.17, 15) is 14.4 Å². The van der Waals surface area contributed by atoms with Gasteiger partial charge in [-0.25, -0.2) is 0 Å². The summed E-state index contributed by atoms with van der Waals surface area (Å²) in [6.45, 7) is 5.00. The van der Waals surface area contributed by atoms with Crippen LogP contribution in [0.25, 0.3) is 0 Å². The maximum absolute atomic E-state index is 13.2. The van der Waals surface area contributed by atoms with Crippen LogP contribution in [-0.2, 0) is 14.3 Å². The summed E-state index contributed by atoms with van der Waals surface area (Å²) in [5.41, 5.74) is 0.381. The molecule has 1 saturated heterocycles. The van der Waals surface area contributed by atoms with Crippen LogP contribution in [0, 0.1) is 0 Å². The number of nitrogens with zero attached hydrogens (tertiary/aromatic N) is 1. The molecule has 2 atom stereocenters. The summed E-state index contributed by atoms with van der Waals surface area (Å²) in [6, 6.07) is 15.3. The fourth-order valence-electron chi connectivity index (χ4n) is 3.39. The molecule has 8 nitrogen and oxygen atoms in total. The van der Waals surface area contributed by atoms with E-state index < -0.39 is 12.0 Å². The first-order valence-electron chi connectivity index (χ1n) is 11.2. The normalized spacial score (nSPS) is 16.5. The monoisotopic (exact) mass is 454 g/mol. The van der Waals surface area contributed by atoms with Gasteiger partial charge >= 0.3 is 5.97 Å². The minimum Gasteiger partial charge on any atom is -0.490 e. The molecule has 0 aromatic heterocycles. The van der Waals surface area contributed by atoms with Gasteiger partial charge in [-0.2, -0.15) is 0 Å². The minimum atomic E-state index is -0.911. The molecule has 1 N–H and O–H groups in total. The molecule has 0 spiro atoms. The van der Waals surface area contributed by atoms with Crippen LogP contribution >= 0.6 is 0 Å². The van der Waals surface area contributed by atoms with Crippen LogP contribution < -0.4 is 14.8 Å². The zero-order valence-corrected chi connectivity index (χ0v) is 19.0. The third kappa shape index (κ3) is 6.97. The molecule has 33 heavy (non-hydrogen) atoms. The number of benzene rings is 2. The van der Waals surface area contributed by atoms with Gasteiger partial charge < -0.3 is 24.4 Å². The SMILES string of the molecule is CCC(C)OC(=O)CC1C(=O)NCCN1C(=O)c1cccc(OCCOc2ccccc2)c1. The van der Waals surface area contributed by atoms with Crippen LogP contribution in [0.3, 0.4) is 0 Å². The number of hydrogen-bond acceptors (Lipinski definition) is 6. The number of carbonyl (C=O) groups excluding carboxylic acids is 3. The Kier molecular flexibility index (Phi) is 8.69. The van der Waals surface area contributed by atoms with Crippen LogP contribution in [0.2, 0.25) is 0 Å². The first-order valence-corrected chi connectivity index (χ1v) is 11.2. The van der Waals surface area contributed by atoms with Gasteiger partial charge in [-0.1, -0.05) is 31.2 Å². The number of nitrogens with one attached hydrogen (secondary N) is 1. The molecular formula is C25H30N2O6. The first-order chi connectivity index (χ1) is 16.0. The van der Waals surface area contributed by atoms with Crippen LogP contribution in [-0.4, -0.2) is 61.1 Å². The van der Waals surface area contributed by atoms with Crippen LogP contribution in [0.15, 0.2) is 54.6 Å². The third-order valence-corrected chi connectivity index (χ3v) is 5.30. The second kappa shape index (κ2) is 11.9. The molecule has 0 radical (unpaired) electrons. The maximum Gasteiger partial charge on any atom is 0.308 e. The van der Waals surface area contributed by atoms with Crippen molar-refractivity contribution in [1.82, 2.24) is 10.2 Å². The van der Waals surface area contributed by atoms with Crippen molar-refractivity contribution >= 4 is 17.8 Å². The van der Waals surface area contributed by atoms with Crippen molar-refractivity contribution in [2.75, 3.05) is 26.3 Å². The lowest BCUT2D eigenvalue weighted by Gasteiger charge is -2.34. The minimum absolute atomic E-state index is 0.186. The van der Waals surface area contributed by atoms with Crippen molar-refractivity contribution in [1.29, 1.82) is 0 Å². The highest BCUT2D eigenvalue weighted by molar-refractivity contribution is 5.99.